The summed E-state index contributed by atoms with van der Waals surface area (Å²) in [5, 5.41) is 8.53. The van der Waals surface area contributed by atoms with Crippen LogP contribution in [0.25, 0.3) is 0 Å². The second-order valence-corrected chi connectivity index (χ2v) is 4.40. The molecule has 0 aliphatic heterocycles. The molecule has 0 unspecified atom stereocenters. The van der Waals surface area contributed by atoms with E-state index in [1.165, 1.54) is 0 Å². The summed E-state index contributed by atoms with van der Waals surface area (Å²) in [5.74, 6) is 0.619. The second-order valence-electron chi connectivity index (χ2n) is 4.40. The average Bonchev–Trinajstić information content (AvgIpc) is 2.72. The first-order valence-electron chi connectivity index (χ1n) is 6.03. The van der Waals surface area contributed by atoms with E-state index in [4.69, 9.17) is 10.8 Å². The molecule has 2 rings (SSSR count). The normalized spacial score (nSPS) is 13.6. The van der Waals surface area contributed by atoms with Gasteiger partial charge in [-0.3, -0.25) is 4.79 Å². The highest BCUT2D eigenvalue weighted by molar-refractivity contribution is 5.66. The minimum atomic E-state index is -0.751. The monoisotopic (exact) mass is 235 g/mol. The Balaban J connectivity index is 1.93. The molecule has 0 aromatic carbocycles. The van der Waals surface area contributed by atoms with Gasteiger partial charge in [-0.1, -0.05) is 0 Å². The highest BCUT2D eigenvalue weighted by Crippen LogP contribution is 2.24. The number of aliphatic carboxylic acids is 1. The third-order valence-corrected chi connectivity index (χ3v) is 3.05. The van der Waals surface area contributed by atoms with E-state index in [-0.39, 0.29) is 6.42 Å². The van der Waals surface area contributed by atoms with E-state index in [1.807, 2.05) is 0 Å². The topological polar surface area (TPSA) is 89.1 Å². The van der Waals surface area contributed by atoms with Crippen LogP contribution < -0.4 is 5.73 Å². The standard InChI is InChI=1S/C12H17N3O2/c13-12-8-4-3-5-9(8)14-10(15-12)6-1-2-7-11(16)17/h1-7H2,(H,16,17)(H2,13,14,15). The fraction of sp³-hybridized carbons (Fsp3) is 0.583. The lowest BCUT2D eigenvalue weighted by molar-refractivity contribution is -0.137. The van der Waals surface area contributed by atoms with E-state index in [1.54, 1.807) is 0 Å². The summed E-state index contributed by atoms with van der Waals surface area (Å²) in [6.45, 7) is 0. The molecular weight excluding hydrogens is 218 g/mol. The van der Waals surface area contributed by atoms with Gasteiger partial charge in [0.15, 0.2) is 0 Å². The SMILES string of the molecule is Nc1nc(CCCCC(=O)O)nc2c1CCC2. The van der Waals surface area contributed by atoms with E-state index in [9.17, 15) is 4.79 Å². The van der Waals surface area contributed by atoms with Crippen LogP contribution in [-0.4, -0.2) is 21.0 Å². The number of nitrogens with two attached hydrogens (primary N) is 1. The summed E-state index contributed by atoms with van der Waals surface area (Å²) < 4.78 is 0. The van der Waals surface area contributed by atoms with Crippen LogP contribution in [0.1, 0.15) is 42.8 Å². The first-order chi connectivity index (χ1) is 8.16. The third-order valence-electron chi connectivity index (χ3n) is 3.05. The van der Waals surface area contributed by atoms with Crippen molar-refractivity contribution in [1.82, 2.24) is 9.97 Å². The molecule has 5 nitrogen and oxygen atoms in total. The van der Waals surface area contributed by atoms with Crippen molar-refractivity contribution in [2.45, 2.75) is 44.9 Å². The molecule has 5 heteroatoms. The summed E-state index contributed by atoms with van der Waals surface area (Å²) in [6.07, 6.45) is 5.46. The van der Waals surface area contributed by atoms with Crippen LogP contribution >= 0.6 is 0 Å². The number of anilines is 1. The van der Waals surface area contributed by atoms with E-state index < -0.39 is 5.97 Å². The van der Waals surface area contributed by atoms with Crippen LogP contribution in [0.4, 0.5) is 5.82 Å². The molecule has 0 amide bonds. The smallest absolute Gasteiger partial charge is 0.303 e. The molecule has 0 bridgehead atoms. The number of hydrogen-bond donors (Lipinski definition) is 2. The maximum atomic E-state index is 10.4. The lowest BCUT2D eigenvalue weighted by atomic mass is 10.1. The third kappa shape index (κ3) is 2.93. The maximum absolute atomic E-state index is 10.4. The maximum Gasteiger partial charge on any atom is 0.303 e. The van der Waals surface area contributed by atoms with Gasteiger partial charge in [0, 0.05) is 24.1 Å². The molecule has 1 heterocycles. The van der Waals surface area contributed by atoms with Gasteiger partial charge < -0.3 is 10.8 Å². The van der Waals surface area contributed by atoms with Gasteiger partial charge in [-0.25, -0.2) is 9.97 Å². The highest BCUT2D eigenvalue weighted by atomic mass is 16.4. The van der Waals surface area contributed by atoms with Crippen LogP contribution in [0.15, 0.2) is 0 Å². The van der Waals surface area contributed by atoms with Gasteiger partial charge in [0.25, 0.3) is 0 Å². The van der Waals surface area contributed by atoms with Crippen LogP contribution in [-0.2, 0) is 24.1 Å². The van der Waals surface area contributed by atoms with Crippen LogP contribution in [0, 0.1) is 0 Å². The Morgan fingerprint density at radius 3 is 2.88 bits per heavy atom. The molecule has 0 atom stereocenters. The van der Waals surface area contributed by atoms with Crippen molar-refractivity contribution in [1.29, 1.82) is 0 Å². The highest BCUT2D eigenvalue weighted by Gasteiger charge is 2.17. The van der Waals surface area contributed by atoms with Crippen LogP contribution in [0.2, 0.25) is 0 Å². The van der Waals surface area contributed by atoms with Crippen molar-refractivity contribution in [3.8, 4) is 0 Å². The zero-order chi connectivity index (χ0) is 12.3. The molecule has 92 valence electrons. The molecule has 1 aromatic rings. The molecule has 0 saturated carbocycles. The molecular formula is C12H17N3O2. The predicted octanol–water partition coefficient (Wildman–Crippen LogP) is 1.34. The first kappa shape index (κ1) is 11.8. The summed E-state index contributed by atoms with van der Waals surface area (Å²) in [4.78, 5) is 19.1. The fourth-order valence-electron chi connectivity index (χ4n) is 2.19. The Labute approximate surface area is 100 Å². The number of hydrogen-bond acceptors (Lipinski definition) is 4. The summed E-state index contributed by atoms with van der Waals surface area (Å²) in [7, 11) is 0. The van der Waals surface area contributed by atoms with Gasteiger partial charge in [0.2, 0.25) is 0 Å². The average molecular weight is 235 g/mol. The lowest BCUT2D eigenvalue weighted by Gasteiger charge is -2.06. The number of aryl methyl sites for hydroxylation is 2. The molecule has 1 aliphatic carbocycles. The Morgan fingerprint density at radius 2 is 2.12 bits per heavy atom. The predicted molar refractivity (Wildman–Crippen MR) is 63.7 cm³/mol. The van der Waals surface area contributed by atoms with Gasteiger partial charge in [0.1, 0.15) is 11.6 Å². The van der Waals surface area contributed by atoms with Gasteiger partial charge in [-0.15, -0.1) is 0 Å². The zero-order valence-electron chi connectivity index (χ0n) is 9.78. The summed E-state index contributed by atoms with van der Waals surface area (Å²) in [6, 6.07) is 0. The molecule has 1 aliphatic rings. The number of unbranched alkanes of at least 4 members (excludes halogenated alkanes) is 1. The number of nitrogen functional groups attached to an aromatic ring is 1. The Morgan fingerprint density at radius 1 is 1.29 bits per heavy atom. The number of nitrogens with zero attached hydrogens (tertiary/aromatic N) is 2. The molecule has 3 N–H and O–H groups in total. The minimum Gasteiger partial charge on any atom is -0.481 e. The molecule has 0 fully saturated rings. The van der Waals surface area contributed by atoms with E-state index >= 15 is 0 Å². The number of fused-ring (bicyclic) bond motifs is 1. The summed E-state index contributed by atoms with van der Waals surface area (Å²) >= 11 is 0. The number of carboxylic acids is 1. The lowest BCUT2D eigenvalue weighted by Crippen LogP contribution is -2.06. The van der Waals surface area contributed by atoms with Crippen molar-refractivity contribution in [2.75, 3.05) is 5.73 Å². The summed E-state index contributed by atoms with van der Waals surface area (Å²) in [5.41, 5.74) is 8.08. The molecule has 0 spiro atoms. The van der Waals surface area contributed by atoms with E-state index in [0.29, 0.717) is 18.7 Å². The Kier molecular flexibility index (Phi) is 3.56. The van der Waals surface area contributed by atoms with E-state index in [2.05, 4.69) is 9.97 Å². The van der Waals surface area contributed by atoms with Gasteiger partial charge >= 0.3 is 5.97 Å². The van der Waals surface area contributed by atoms with Gasteiger partial charge in [-0.2, -0.15) is 0 Å². The van der Waals surface area contributed by atoms with Crippen LogP contribution in [0.3, 0.4) is 0 Å². The number of carbonyl (C=O) groups is 1. The first-order valence-corrected chi connectivity index (χ1v) is 6.03. The largest absolute Gasteiger partial charge is 0.481 e. The fourth-order valence-corrected chi connectivity index (χ4v) is 2.19. The minimum absolute atomic E-state index is 0.209. The molecule has 17 heavy (non-hydrogen) atoms. The van der Waals surface area contributed by atoms with Crippen molar-refractivity contribution >= 4 is 11.8 Å². The number of aromatic nitrogens is 2. The number of rotatable bonds is 5. The van der Waals surface area contributed by atoms with E-state index in [0.717, 1.165) is 42.8 Å². The Bertz CT molecular complexity index is 432. The number of carboxylic acid groups (broad SMARTS) is 1. The molecule has 0 radical (unpaired) electrons. The van der Waals surface area contributed by atoms with Crippen LogP contribution in [0.5, 0.6) is 0 Å². The van der Waals surface area contributed by atoms with Crippen molar-refractivity contribution in [3.05, 3.63) is 17.1 Å². The van der Waals surface area contributed by atoms with Gasteiger partial charge in [-0.05, 0) is 32.1 Å². The van der Waals surface area contributed by atoms with Crippen molar-refractivity contribution in [2.24, 2.45) is 0 Å². The van der Waals surface area contributed by atoms with Crippen molar-refractivity contribution in [3.63, 3.8) is 0 Å². The van der Waals surface area contributed by atoms with Gasteiger partial charge in [0.05, 0.1) is 0 Å². The quantitative estimate of drug-likeness (QED) is 0.752. The van der Waals surface area contributed by atoms with Crippen molar-refractivity contribution < 1.29 is 9.90 Å². The molecule has 0 saturated heterocycles. The molecule has 1 aromatic heterocycles. The zero-order valence-corrected chi connectivity index (χ0v) is 9.78. The Hall–Kier alpha value is -1.65. The second kappa shape index (κ2) is 5.12.